The van der Waals surface area contributed by atoms with Gasteiger partial charge in [0.05, 0.1) is 0 Å². The number of ether oxygens (including phenoxy) is 1. The summed E-state index contributed by atoms with van der Waals surface area (Å²) in [6.07, 6.45) is 1.30. The first-order valence-corrected chi connectivity index (χ1v) is 5.33. The molecule has 1 heterocycles. The molecule has 0 atom stereocenters. The highest BCUT2D eigenvalue weighted by Crippen LogP contribution is 2.22. The van der Waals surface area contributed by atoms with Crippen LogP contribution >= 0.6 is 11.6 Å². The van der Waals surface area contributed by atoms with Crippen molar-refractivity contribution in [1.82, 2.24) is 4.98 Å². The molecule has 0 saturated heterocycles. The number of carboxylic acid groups (broad SMARTS) is 1. The van der Waals surface area contributed by atoms with E-state index in [0.717, 1.165) is 6.07 Å². The molecule has 18 heavy (non-hydrogen) atoms. The quantitative estimate of drug-likeness (QED) is 0.894. The minimum Gasteiger partial charge on any atom is -0.477 e. The van der Waals surface area contributed by atoms with E-state index in [2.05, 4.69) is 4.98 Å². The van der Waals surface area contributed by atoms with Gasteiger partial charge in [0.2, 0.25) is 0 Å². The number of carbonyl (C=O) groups is 1. The molecule has 0 fully saturated rings. The zero-order chi connectivity index (χ0) is 13.1. The molecule has 0 amide bonds. The van der Waals surface area contributed by atoms with Gasteiger partial charge >= 0.3 is 5.97 Å². The van der Waals surface area contributed by atoms with E-state index < -0.39 is 11.5 Å². The van der Waals surface area contributed by atoms with Gasteiger partial charge in [0.25, 0.3) is 5.56 Å². The Morgan fingerprint density at radius 2 is 1.89 bits per heavy atom. The molecule has 2 N–H and O–H groups in total. The smallest absolute Gasteiger partial charge is 0.341 e. The molecule has 0 saturated carbocycles. The highest BCUT2D eigenvalue weighted by molar-refractivity contribution is 6.30. The van der Waals surface area contributed by atoms with Gasteiger partial charge in [-0.15, -0.1) is 0 Å². The van der Waals surface area contributed by atoms with Gasteiger partial charge in [0, 0.05) is 17.3 Å². The van der Waals surface area contributed by atoms with Gasteiger partial charge in [-0.1, -0.05) is 11.6 Å². The summed E-state index contributed by atoms with van der Waals surface area (Å²) in [5.41, 5.74) is -1.05. The van der Waals surface area contributed by atoms with E-state index in [1.807, 2.05) is 0 Å². The average Bonchev–Trinajstić information content (AvgIpc) is 2.34. The van der Waals surface area contributed by atoms with Crippen LogP contribution in [0.4, 0.5) is 0 Å². The number of hydrogen-bond acceptors (Lipinski definition) is 3. The van der Waals surface area contributed by atoms with Gasteiger partial charge in [-0.3, -0.25) is 4.79 Å². The maximum absolute atomic E-state index is 11.2. The van der Waals surface area contributed by atoms with E-state index in [9.17, 15) is 9.59 Å². The van der Waals surface area contributed by atoms with Gasteiger partial charge in [-0.05, 0) is 24.3 Å². The molecule has 1 aromatic heterocycles. The third kappa shape index (κ3) is 2.70. The topological polar surface area (TPSA) is 79.4 Å². The average molecular weight is 266 g/mol. The summed E-state index contributed by atoms with van der Waals surface area (Å²) in [4.78, 5) is 24.3. The lowest BCUT2D eigenvalue weighted by Gasteiger charge is -2.05. The maximum atomic E-state index is 11.2. The molecular formula is C12H8ClNO4. The molecule has 5 nitrogen and oxygen atoms in total. The van der Waals surface area contributed by atoms with E-state index in [1.165, 1.54) is 6.20 Å². The molecule has 92 valence electrons. The SMILES string of the molecule is O=C(O)c1cc(Oc2ccc(Cl)cc2)c[nH]c1=O. The zero-order valence-corrected chi connectivity index (χ0v) is 9.77. The number of carboxylic acids is 1. The molecule has 0 radical (unpaired) electrons. The zero-order valence-electron chi connectivity index (χ0n) is 9.01. The lowest BCUT2D eigenvalue weighted by molar-refractivity contribution is 0.0694. The monoisotopic (exact) mass is 265 g/mol. The standard InChI is InChI=1S/C12H8ClNO4/c13-7-1-3-8(4-2-7)18-9-5-10(12(16)17)11(15)14-6-9/h1-6H,(H,14,15)(H,16,17). The second-order valence-corrected chi connectivity index (χ2v) is 3.88. The van der Waals surface area contributed by atoms with Crippen molar-refractivity contribution < 1.29 is 14.6 Å². The molecule has 0 unspecified atom stereocenters. The van der Waals surface area contributed by atoms with E-state index in [1.54, 1.807) is 24.3 Å². The van der Waals surface area contributed by atoms with Gasteiger partial charge in [-0.25, -0.2) is 4.79 Å². The van der Waals surface area contributed by atoms with Crippen LogP contribution < -0.4 is 10.3 Å². The Hall–Kier alpha value is -2.27. The van der Waals surface area contributed by atoms with Crippen molar-refractivity contribution in [3.8, 4) is 11.5 Å². The molecule has 0 aliphatic carbocycles. The van der Waals surface area contributed by atoms with Crippen LogP contribution in [-0.4, -0.2) is 16.1 Å². The fourth-order valence-corrected chi connectivity index (χ4v) is 1.45. The maximum Gasteiger partial charge on any atom is 0.341 e. The number of nitrogens with one attached hydrogen (secondary N) is 1. The number of H-pyrrole nitrogens is 1. The van der Waals surface area contributed by atoms with Gasteiger partial charge in [0.1, 0.15) is 17.1 Å². The number of aromatic nitrogens is 1. The number of aromatic carboxylic acids is 1. The van der Waals surface area contributed by atoms with Crippen molar-refractivity contribution in [1.29, 1.82) is 0 Å². The van der Waals surface area contributed by atoms with E-state index in [0.29, 0.717) is 10.8 Å². The van der Waals surface area contributed by atoms with Crippen LogP contribution in [0.5, 0.6) is 11.5 Å². The number of aromatic amines is 1. The molecule has 1 aromatic carbocycles. The first kappa shape index (κ1) is 12.2. The lowest BCUT2D eigenvalue weighted by atomic mass is 10.3. The minimum absolute atomic E-state index is 0.231. The number of benzene rings is 1. The van der Waals surface area contributed by atoms with E-state index in [-0.39, 0.29) is 11.3 Å². The summed E-state index contributed by atoms with van der Waals surface area (Å²) in [6, 6.07) is 7.71. The predicted molar refractivity (Wildman–Crippen MR) is 65.5 cm³/mol. The normalized spacial score (nSPS) is 10.1. The van der Waals surface area contributed by atoms with E-state index in [4.69, 9.17) is 21.4 Å². The van der Waals surface area contributed by atoms with Crippen molar-refractivity contribution in [2.24, 2.45) is 0 Å². The number of pyridine rings is 1. The summed E-state index contributed by atoms with van der Waals surface area (Å²) >= 11 is 5.72. The van der Waals surface area contributed by atoms with Crippen LogP contribution in [-0.2, 0) is 0 Å². The van der Waals surface area contributed by atoms with Gasteiger partial charge in [0.15, 0.2) is 0 Å². The molecule has 0 spiro atoms. The Kier molecular flexibility index (Phi) is 3.34. The second-order valence-electron chi connectivity index (χ2n) is 3.44. The number of halogens is 1. The fourth-order valence-electron chi connectivity index (χ4n) is 1.32. The molecule has 2 aromatic rings. The summed E-state index contributed by atoms with van der Waals surface area (Å²) in [5.74, 6) is -0.588. The van der Waals surface area contributed by atoms with Crippen molar-refractivity contribution in [2.75, 3.05) is 0 Å². The van der Waals surface area contributed by atoms with Crippen LogP contribution in [0.3, 0.4) is 0 Å². The van der Waals surface area contributed by atoms with Gasteiger partial charge in [-0.2, -0.15) is 0 Å². The third-order valence-corrected chi connectivity index (χ3v) is 2.41. The van der Waals surface area contributed by atoms with Crippen molar-refractivity contribution in [2.45, 2.75) is 0 Å². The van der Waals surface area contributed by atoms with Crippen LogP contribution in [0.25, 0.3) is 0 Å². The minimum atomic E-state index is -1.31. The summed E-state index contributed by atoms with van der Waals surface area (Å²) in [5, 5.41) is 9.36. The first-order valence-electron chi connectivity index (χ1n) is 4.96. The molecule has 0 aliphatic heterocycles. The van der Waals surface area contributed by atoms with Crippen molar-refractivity contribution in [3.63, 3.8) is 0 Å². The largest absolute Gasteiger partial charge is 0.477 e. The fraction of sp³-hybridized carbons (Fsp3) is 0. The summed E-state index contributed by atoms with van der Waals surface area (Å²) < 4.78 is 5.39. The highest BCUT2D eigenvalue weighted by Gasteiger charge is 2.10. The Balaban J connectivity index is 2.30. The second kappa shape index (κ2) is 4.93. The molecule has 2 rings (SSSR count). The third-order valence-electron chi connectivity index (χ3n) is 2.16. The highest BCUT2D eigenvalue weighted by atomic mass is 35.5. The van der Waals surface area contributed by atoms with Crippen LogP contribution in [0.15, 0.2) is 41.3 Å². The van der Waals surface area contributed by atoms with Crippen molar-refractivity contribution >= 4 is 17.6 Å². The molecule has 0 bridgehead atoms. The Morgan fingerprint density at radius 1 is 1.22 bits per heavy atom. The Labute approximate surface area is 107 Å². The summed E-state index contributed by atoms with van der Waals surface area (Å²) in [7, 11) is 0. The Morgan fingerprint density at radius 3 is 2.50 bits per heavy atom. The Bertz CT molecular complexity index is 633. The predicted octanol–water partition coefficient (Wildman–Crippen LogP) is 2.52. The van der Waals surface area contributed by atoms with Crippen LogP contribution in [0.1, 0.15) is 10.4 Å². The number of rotatable bonds is 3. The first-order chi connectivity index (χ1) is 8.56. The van der Waals surface area contributed by atoms with E-state index >= 15 is 0 Å². The van der Waals surface area contributed by atoms with Crippen molar-refractivity contribution in [3.05, 3.63) is 57.5 Å². The van der Waals surface area contributed by atoms with Crippen LogP contribution in [0.2, 0.25) is 5.02 Å². The number of hydrogen-bond donors (Lipinski definition) is 2. The lowest BCUT2D eigenvalue weighted by Crippen LogP contribution is -2.16. The molecule has 6 heteroatoms. The van der Waals surface area contributed by atoms with Gasteiger partial charge < -0.3 is 14.8 Å². The molecule has 0 aliphatic rings. The summed E-state index contributed by atoms with van der Waals surface area (Å²) in [6.45, 7) is 0. The molecular weight excluding hydrogens is 258 g/mol. The van der Waals surface area contributed by atoms with Crippen LogP contribution in [0, 0.1) is 0 Å².